The van der Waals surface area contributed by atoms with Gasteiger partial charge in [-0.2, -0.15) is 0 Å². The van der Waals surface area contributed by atoms with E-state index in [2.05, 4.69) is 47.3 Å². The molecule has 5 nitrogen and oxygen atoms in total. The van der Waals surface area contributed by atoms with Gasteiger partial charge in [0.25, 0.3) is 0 Å². The minimum Gasteiger partial charge on any atom is -0.462 e. The number of unbranched alkanes of at least 4 members (excludes halogenated alkanes) is 24. The summed E-state index contributed by atoms with van der Waals surface area (Å²) in [5.41, 5.74) is -0.303. The monoisotopic (exact) mass is 697 g/mol. The molecule has 0 amide bonds. The van der Waals surface area contributed by atoms with Crippen LogP contribution in [0.15, 0.2) is 0 Å². The average molecular weight is 697 g/mol. The van der Waals surface area contributed by atoms with Crippen molar-refractivity contribution in [3.05, 3.63) is 0 Å². The Morgan fingerprint density at radius 3 is 1.19 bits per heavy atom. The molecule has 6 heteroatoms. The predicted molar refractivity (Wildman–Crippen MR) is 210 cm³/mol. The maximum atomic E-state index is 12.8. The second-order valence-corrected chi connectivity index (χ2v) is 22.1. The maximum absolute atomic E-state index is 12.8. The highest BCUT2D eigenvalue weighted by molar-refractivity contribution is 6.76. The van der Waals surface area contributed by atoms with Crippen molar-refractivity contribution < 1.29 is 23.8 Å². The van der Waals surface area contributed by atoms with Crippen molar-refractivity contribution in [3.8, 4) is 0 Å². The summed E-state index contributed by atoms with van der Waals surface area (Å²) >= 11 is 0. The molecule has 0 saturated heterocycles. The lowest BCUT2D eigenvalue weighted by molar-refractivity contribution is -0.166. The van der Waals surface area contributed by atoms with E-state index >= 15 is 0 Å². The van der Waals surface area contributed by atoms with Gasteiger partial charge in [-0.05, 0) is 32.7 Å². The van der Waals surface area contributed by atoms with Crippen molar-refractivity contribution in [1.82, 2.24) is 0 Å². The smallest absolute Gasteiger partial charge is 0.306 e. The Morgan fingerprint density at radius 2 is 0.833 bits per heavy atom. The van der Waals surface area contributed by atoms with Gasteiger partial charge < -0.3 is 14.2 Å². The lowest BCUT2D eigenvalue weighted by atomic mass is 10.0. The number of rotatable bonds is 36. The molecule has 0 fully saturated rings. The summed E-state index contributed by atoms with van der Waals surface area (Å²) in [7, 11) is -1.34. The summed E-state index contributed by atoms with van der Waals surface area (Å²) in [5.74, 6) is -0.404. The fraction of sp³-hybridized carbons (Fsp3) is 0.952. The highest BCUT2D eigenvalue weighted by Gasteiger charge is 2.29. The molecule has 1 atom stereocenters. The largest absolute Gasteiger partial charge is 0.462 e. The molecule has 0 saturated carbocycles. The van der Waals surface area contributed by atoms with E-state index in [4.69, 9.17) is 14.2 Å². The zero-order valence-electron chi connectivity index (χ0n) is 33.5. The molecule has 0 radical (unpaired) electrons. The molecule has 0 aromatic heterocycles. The van der Waals surface area contributed by atoms with Crippen molar-refractivity contribution in [3.63, 3.8) is 0 Å². The summed E-state index contributed by atoms with van der Waals surface area (Å²) in [5, 5.41) is 0. The summed E-state index contributed by atoms with van der Waals surface area (Å²) < 4.78 is 17.7. The first-order valence-corrected chi connectivity index (χ1v) is 24.7. The van der Waals surface area contributed by atoms with Crippen LogP contribution in [0, 0.1) is 0 Å². The van der Waals surface area contributed by atoms with Crippen LogP contribution in [0.25, 0.3) is 0 Å². The third-order valence-electron chi connectivity index (χ3n) is 9.31. The van der Waals surface area contributed by atoms with Crippen LogP contribution in [-0.4, -0.2) is 44.9 Å². The molecule has 0 heterocycles. The second kappa shape index (κ2) is 32.1. The second-order valence-electron chi connectivity index (χ2n) is 16.6. The van der Waals surface area contributed by atoms with Crippen molar-refractivity contribution in [2.24, 2.45) is 0 Å². The lowest BCUT2D eigenvalue weighted by Gasteiger charge is -2.32. The summed E-state index contributed by atoms with van der Waals surface area (Å²) in [6, 6.07) is 1.01. The molecule has 1 unspecified atom stereocenters. The Labute approximate surface area is 301 Å². The summed E-state index contributed by atoms with van der Waals surface area (Å²) in [4.78, 5) is 25.3. The first-order valence-electron chi connectivity index (χ1n) is 21.0. The molecule has 0 aliphatic carbocycles. The maximum Gasteiger partial charge on any atom is 0.306 e. The Kier molecular flexibility index (Phi) is 31.5. The fourth-order valence-electron chi connectivity index (χ4n) is 6.84. The van der Waals surface area contributed by atoms with Gasteiger partial charge in [-0.25, -0.2) is 0 Å². The van der Waals surface area contributed by atoms with E-state index in [0.29, 0.717) is 12.8 Å². The van der Waals surface area contributed by atoms with Crippen molar-refractivity contribution in [1.29, 1.82) is 0 Å². The van der Waals surface area contributed by atoms with Crippen molar-refractivity contribution in [2.75, 3.05) is 13.2 Å². The number of hydrogen-bond donors (Lipinski definition) is 0. The SMILES string of the molecule is CCCCCCCCCCCCCCCC(=O)OCC(COC(C)(C)C[Si](C)(C)C)OC(=O)CCCCCCCCCCCCCCC. The zero-order valence-corrected chi connectivity index (χ0v) is 34.5. The topological polar surface area (TPSA) is 61.8 Å². The van der Waals surface area contributed by atoms with Gasteiger partial charge in [0.1, 0.15) is 6.61 Å². The van der Waals surface area contributed by atoms with E-state index in [0.717, 1.165) is 31.7 Å². The minimum atomic E-state index is -1.34. The standard InChI is InChI=1S/C42H84O5Si/c1-8-10-12-14-16-18-20-22-24-26-28-30-32-34-40(43)45-36-39(37-46-42(3,4)38-48(5,6)7)47-41(44)35-33-31-29-27-25-23-21-19-17-15-13-11-9-2/h39H,8-38H2,1-7H3. The lowest BCUT2D eigenvalue weighted by Crippen LogP contribution is -2.39. The molecule has 48 heavy (non-hydrogen) atoms. The molecule has 0 spiro atoms. The Bertz CT molecular complexity index is 732. The number of esters is 2. The van der Waals surface area contributed by atoms with Crippen molar-refractivity contribution in [2.45, 2.75) is 245 Å². The van der Waals surface area contributed by atoms with E-state index in [-0.39, 0.29) is 30.8 Å². The van der Waals surface area contributed by atoms with Gasteiger partial charge in [-0.3, -0.25) is 9.59 Å². The third kappa shape index (κ3) is 35.0. The first kappa shape index (κ1) is 47.1. The van der Waals surface area contributed by atoms with Crippen LogP contribution in [0.3, 0.4) is 0 Å². The van der Waals surface area contributed by atoms with Crippen LogP contribution in [0.5, 0.6) is 0 Å². The van der Waals surface area contributed by atoms with E-state index in [1.807, 2.05) is 0 Å². The molecule has 0 aromatic carbocycles. The predicted octanol–water partition coefficient (Wildman–Crippen LogP) is 13.5. The fourth-order valence-corrected chi connectivity index (χ4v) is 9.50. The molecule has 0 aliphatic heterocycles. The Balaban J connectivity index is 4.27. The average Bonchev–Trinajstić information content (AvgIpc) is 3.02. The molecule has 0 aliphatic rings. The highest BCUT2D eigenvalue weighted by atomic mass is 28.3. The van der Waals surface area contributed by atoms with Crippen LogP contribution < -0.4 is 0 Å². The molecule has 0 rings (SSSR count). The molecular weight excluding hydrogens is 613 g/mol. The minimum absolute atomic E-state index is 0.0741. The Hall–Kier alpha value is -0.883. The zero-order chi connectivity index (χ0) is 35.8. The van der Waals surface area contributed by atoms with Gasteiger partial charge in [0.05, 0.1) is 12.2 Å². The number of hydrogen-bond acceptors (Lipinski definition) is 5. The molecule has 0 aromatic rings. The normalized spacial score (nSPS) is 12.7. The summed E-state index contributed by atoms with van der Waals surface area (Å²) in [6.07, 6.45) is 33.5. The van der Waals surface area contributed by atoms with Crippen LogP contribution in [0.2, 0.25) is 25.7 Å². The van der Waals surface area contributed by atoms with Gasteiger partial charge in [0, 0.05) is 20.9 Å². The third-order valence-corrected chi connectivity index (χ3v) is 11.2. The quantitative estimate of drug-likeness (QED) is 0.0371. The van der Waals surface area contributed by atoms with Gasteiger partial charge >= 0.3 is 11.9 Å². The van der Waals surface area contributed by atoms with E-state index in [9.17, 15) is 9.59 Å². The Morgan fingerprint density at radius 1 is 0.500 bits per heavy atom. The van der Waals surface area contributed by atoms with Crippen LogP contribution in [0.4, 0.5) is 0 Å². The molecule has 0 bridgehead atoms. The van der Waals surface area contributed by atoms with Crippen LogP contribution in [-0.2, 0) is 23.8 Å². The van der Waals surface area contributed by atoms with Crippen LogP contribution in [0.1, 0.15) is 207 Å². The highest BCUT2D eigenvalue weighted by Crippen LogP contribution is 2.24. The van der Waals surface area contributed by atoms with E-state index in [1.54, 1.807) is 0 Å². The van der Waals surface area contributed by atoms with E-state index in [1.165, 1.54) is 141 Å². The molecular formula is C42H84O5Si. The van der Waals surface area contributed by atoms with Crippen molar-refractivity contribution >= 4 is 20.0 Å². The number of carbonyl (C=O) groups excluding carboxylic acids is 2. The molecule has 286 valence electrons. The van der Waals surface area contributed by atoms with Gasteiger partial charge in [0.2, 0.25) is 0 Å². The van der Waals surface area contributed by atoms with E-state index < -0.39 is 14.2 Å². The van der Waals surface area contributed by atoms with Gasteiger partial charge in [-0.1, -0.05) is 188 Å². The number of ether oxygens (including phenoxy) is 3. The number of carbonyl (C=O) groups is 2. The molecule has 0 N–H and O–H groups in total. The van der Waals surface area contributed by atoms with Gasteiger partial charge in [-0.15, -0.1) is 0 Å². The van der Waals surface area contributed by atoms with Crippen LogP contribution >= 0.6 is 0 Å². The van der Waals surface area contributed by atoms with Gasteiger partial charge in [0.15, 0.2) is 6.10 Å². The first-order chi connectivity index (χ1) is 23.0. The summed E-state index contributed by atoms with van der Waals surface area (Å²) in [6.45, 7) is 16.1.